The van der Waals surface area contributed by atoms with Gasteiger partial charge < -0.3 is 5.11 Å². The summed E-state index contributed by atoms with van der Waals surface area (Å²) in [7, 11) is 0. The first-order valence-electron chi connectivity index (χ1n) is 6.21. The predicted molar refractivity (Wildman–Crippen MR) is 74.9 cm³/mol. The second kappa shape index (κ2) is 4.45. The van der Waals surface area contributed by atoms with E-state index in [1.807, 2.05) is 38.1 Å². The van der Waals surface area contributed by atoms with E-state index in [4.69, 9.17) is 5.11 Å². The third kappa shape index (κ3) is 2.03. The van der Waals surface area contributed by atoms with Gasteiger partial charge >= 0.3 is 5.97 Å². The molecular weight excluding hydrogens is 254 g/mol. The van der Waals surface area contributed by atoms with E-state index in [0.717, 1.165) is 11.3 Å². The molecule has 0 atom stereocenters. The molecule has 5 heteroatoms. The molecule has 0 aliphatic carbocycles. The summed E-state index contributed by atoms with van der Waals surface area (Å²) in [6.07, 6.45) is 1.49. The van der Waals surface area contributed by atoms with Crippen molar-refractivity contribution in [3.05, 3.63) is 53.6 Å². The van der Waals surface area contributed by atoms with Gasteiger partial charge in [-0.1, -0.05) is 29.8 Å². The van der Waals surface area contributed by atoms with Crippen LogP contribution in [0.5, 0.6) is 0 Å². The molecule has 5 nitrogen and oxygen atoms in total. The number of aromatic carboxylic acids is 1. The molecule has 0 radical (unpaired) electrons. The van der Waals surface area contributed by atoms with Gasteiger partial charge in [-0.3, -0.25) is 4.40 Å². The molecule has 0 saturated heterocycles. The molecule has 0 aliphatic rings. The molecule has 0 aliphatic heterocycles. The van der Waals surface area contributed by atoms with Gasteiger partial charge in [0.15, 0.2) is 5.69 Å². The Kier molecular flexibility index (Phi) is 2.75. The highest BCUT2D eigenvalue weighted by Crippen LogP contribution is 2.20. The topological polar surface area (TPSA) is 67.5 Å². The normalized spacial score (nSPS) is 10.9. The summed E-state index contributed by atoms with van der Waals surface area (Å²) in [6, 6.07) is 9.82. The maximum atomic E-state index is 11.0. The Morgan fingerprint density at radius 1 is 1.15 bits per heavy atom. The minimum atomic E-state index is -1.04. The quantitative estimate of drug-likeness (QED) is 0.775. The fourth-order valence-corrected chi connectivity index (χ4v) is 2.11. The van der Waals surface area contributed by atoms with E-state index in [9.17, 15) is 4.79 Å². The summed E-state index contributed by atoms with van der Waals surface area (Å²) in [6.45, 7) is 3.86. The molecule has 0 amide bonds. The van der Waals surface area contributed by atoms with Crippen LogP contribution in [0.25, 0.3) is 16.9 Å². The second-order valence-electron chi connectivity index (χ2n) is 4.71. The molecule has 0 saturated carbocycles. The van der Waals surface area contributed by atoms with Crippen LogP contribution in [-0.4, -0.2) is 25.4 Å². The van der Waals surface area contributed by atoms with Gasteiger partial charge in [-0.15, -0.1) is 0 Å². The van der Waals surface area contributed by atoms with Gasteiger partial charge in [0, 0.05) is 17.8 Å². The smallest absolute Gasteiger partial charge is 0.356 e. The summed E-state index contributed by atoms with van der Waals surface area (Å²) in [5.74, 6) is -0.330. The third-order valence-corrected chi connectivity index (χ3v) is 3.20. The first-order chi connectivity index (χ1) is 9.54. The number of carbonyl (C=O) groups is 1. The number of aromatic nitrogens is 3. The molecule has 2 heterocycles. The summed E-state index contributed by atoms with van der Waals surface area (Å²) >= 11 is 0. The molecule has 3 aromatic rings. The van der Waals surface area contributed by atoms with Crippen molar-refractivity contribution in [3.8, 4) is 11.3 Å². The Morgan fingerprint density at radius 3 is 2.50 bits per heavy atom. The van der Waals surface area contributed by atoms with Crippen LogP contribution in [-0.2, 0) is 0 Å². The molecule has 100 valence electrons. The van der Waals surface area contributed by atoms with Crippen LogP contribution in [0.4, 0.5) is 0 Å². The largest absolute Gasteiger partial charge is 0.476 e. The zero-order chi connectivity index (χ0) is 14.3. The van der Waals surface area contributed by atoms with Crippen LogP contribution in [0.2, 0.25) is 0 Å². The summed E-state index contributed by atoms with van der Waals surface area (Å²) in [5.41, 5.74) is 3.57. The van der Waals surface area contributed by atoms with Crippen LogP contribution in [0.15, 0.2) is 36.5 Å². The van der Waals surface area contributed by atoms with E-state index in [0.29, 0.717) is 11.5 Å². The maximum Gasteiger partial charge on any atom is 0.356 e. The van der Waals surface area contributed by atoms with Crippen molar-refractivity contribution >= 4 is 11.6 Å². The highest BCUT2D eigenvalue weighted by molar-refractivity contribution is 5.86. The molecule has 0 bridgehead atoms. The van der Waals surface area contributed by atoms with Crippen LogP contribution in [0.1, 0.15) is 21.9 Å². The number of aryl methyl sites for hydroxylation is 2. The van der Waals surface area contributed by atoms with Crippen LogP contribution >= 0.6 is 0 Å². The van der Waals surface area contributed by atoms with Crippen molar-refractivity contribution in [2.24, 2.45) is 0 Å². The zero-order valence-electron chi connectivity index (χ0n) is 11.2. The van der Waals surface area contributed by atoms with Gasteiger partial charge in [-0.25, -0.2) is 14.8 Å². The first kappa shape index (κ1) is 12.3. The Hall–Kier alpha value is -2.69. The minimum absolute atomic E-state index is 0.0240. The molecule has 3 rings (SSSR count). The molecule has 20 heavy (non-hydrogen) atoms. The Bertz CT molecular complexity index is 804. The third-order valence-electron chi connectivity index (χ3n) is 3.20. The van der Waals surface area contributed by atoms with Gasteiger partial charge in [0.2, 0.25) is 0 Å². The lowest BCUT2D eigenvalue weighted by Gasteiger charge is -2.05. The Morgan fingerprint density at radius 2 is 1.85 bits per heavy atom. The fraction of sp³-hybridized carbons (Fsp3) is 0.133. The number of nitrogens with zero attached hydrogens (tertiary/aromatic N) is 3. The lowest BCUT2D eigenvalue weighted by Crippen LogP contribution is -1.96. The Balaban J connectivity index is 2.18. The van der Waals surface area contributed by atoms with Gasteiger partial charge in [-0.05, 0) is 13.8 Å². The summed E-state index contributed by atoms with van der Waals surface area (Å²) in [5, 5.41) is 9.00. The minimum Gasteiger partial charge on any atom is -0.476 e. The molecule has 1 N–H and O–H groups in total. The highest BCUT2D eigenvalue weighted by atomic mass is 16.4. The van der Waals surface area contributed by atoms with E-state index in [-0.39, 0.29) is 5.69 Å². The monoisotopic (exact) mass is 267 g/mol. The average molecular weight is 267 g/mol. The number of carboxylic acid groups (broad SMARTS) is 1. The number of carboxylic acids is 1. The molecule has 1 aromatic carbocycles. The maximum absolute atomic E-state index is 11.0. The standard InChI is InChI=1S/C15H13N3O2/c1-9-3-5-11(6-4-9)12-7-14-17-13(15(19)20)8-18(14)10(2)16-12/h3-8H,1-2H3,(H,19,20). The van der Waals surface area contributed by atoms with Crippen molar-refractivity contribution in [1.29, 1.82) is 0 Å². The zero-order valence-corrected chi connectivity index (χ0v) is 11.2. The van der Waals surface area contributed by atoms with E-state index in [2.05, 4.69) is 9.97 Å². The predicted octanol–water partition coefficient (Wildman–Crippen LogP) is 2.71. The molecule has 2 aromatic heterocycles. The average Bonchev–Trinajstić information content (AvgIpc) is 2.84. The van der Waals surface area contributed by atoms with Gasteiger partial charge in [0.25, 0.3) is 0 Å². The number of fused-ring (bicyclic) bond motifs is 1. The van der Waals surface area contributed by atoms with Crippen molar-refractivity contribution in [3.63, 3.8) is 0 Å². The number of rotatable bonds is 2. The van der Waals surface area contributed by atoms with E-state index in [1.165, 1.54) is 11.8 Å². The fourth-order valence-electron chi connectivity index (χ4n) is 2.11. The van der Waals surface area contributed by atoms with E-state index >= 15 is 0 Å². The number of hydrogen-bond acceptors (Lipinski definition) is 3. The lowest BCUT2D eigenvalue weighted by atomic mass is 10.1. The van der Waals surface area contributed by atoms with Gasteiger partial charge in [-0.2, -0.15) is 0 Å². The van der Waals surface area contributed by atoms with Gasteiger partial charge in [0.05, 0.1) is 5.69 Å². The first-order valence-corrected chi connectivity index (χ1v) is 6.21. The molecule has 0 unspecified atom stereocenters. The summed E-state index contributed by atoms with van der Waals surface area (Å²) in [4.78, 5) is 19.6. The molecule has 0 spiro atoms. The molecule has 0 fully saturated rings. The van der Waals surface area contributed by atoms with E-state index in [1.54, 1.807) is 10.5 Å². The Labute approximate surface area is 115 Å². The van der Waals surface area contributed by atoms with E-state index < -0.39 is 5.97 Å². The van der Waals surface area contributed by atoms with Gasteiger partial charge in [0.1, 0.15) is 11.5 Å². The van der Waals surface area contributed by atoms with Crippen molar-refractivity contribution in [2.75, 3.05) is 0 Å². The number of benzene rings is 1. The van der Waals surface area contributed by atoms with Crippen molar-refractivity contribution < 1.29 is 9.90 Å². The molecular formula is C15H13N3O2. The van der Waals surface area contributed by atoms with Crippen LogP contribution < -0.4 is 0 Å². The van der Waals surface area contributed by atoms with Crippen LogP contribution in [0.3, 0.4) is 0 Å². The van der Waals surface area contributed by atoms with Crippen molar-refractivity contribution in [2.45, 2.75) is 13.8 Å². The lowest BCUT2D eigenvalue weighted by molar-refractivity contribution is 0.0691. The number of imidazole rings is 1. The van der Waals surface area contributed by atoms with Crippen molar-refractivity contribution in [1.82, 2.24) is 14.4 Å². The SMILES string of the molecule is Cc1ccc(-c2cc3nc(C(=O)O)cn3c(C)n2)cc1. The van der Waals surface area contributed by atoms with Crippen LogP contribution in [0, 0.1) is 13.8 Å². The highest BCUT2D eigenvalue weighted by Gasteiger charge is 2.12. The second-order valence-corrected chi connectivity index (χ2v) is 4.71. The summed E-state index contributed by atoms with van der Waals surface area (Å²) < 4.78 is 1.68. The number of hydrogen-bond donors (Lipinski definition) is 1.